The number of pyridine rings is 1. The van der Waals surface area contributed by atoms with Gasteiger partial charge in [-0.05, 0) is 56.0 Å². The van der Waals surface area contributed by atoms with Crippen LogP contribution in [0.2, 0.25) is 0 Å². The molecule has 2 bridgehead atoms. The number of nitrogens with zero attached hydrogens (tertiary/aromatic N) is 6. The topological polar surface area (TPSA) is 102 Å². The summed E-state index contributed by atoms with van der Waals surface area (Å²) in [5, 5.41) is 10.9. The third-order valence-corrected chi connectivity index (χ3v) is 7.39. The highest BCUT2D eigenvalue weighted by Crippen LogP contribution is 2.31. The van der Waals surface area contributed by atoms with Crippen molar-refractivity contribution in [2.45, 2.75) is 33.2 Å². The van der Waals surface area contributed by atoms with Crippen molar-refractivity contribution in [1.29, 1.82) is 0 Å². The summed E-state index contributed by atoms with van der Waals surface area (Å²) in [5.41, 5.74) is 5.80. The number of benzene rings is 1. The summed E-state index contributed by atoms with van der Waals surface area (Å²) in [6, 6.07) is 10.0. The molecular weight excluding hydrogens is 480 g/mol. The Hall–Kier alpha value is -3.92. The number of carbonyl (C=O) groups excluding carboxylic acids is 1. The van der Waals surface area contributed by atoms with Gasteiger partial charge in [-0.1, -0.05) is 6.92 Å². The van der Waals surface area contributed by atoms with Gasteiger partial charge in [-0.3, -0.25) is 15.1 Å². The maximum Gasteiger partial charge on any atom is 0.258 e. The Morgan fingerprint density at radius 2 is 1.95 bits per heavy atom. The van der Waals surface area contributed by atoms with Gasteiger partial charge < -0.3 is 19.5 Å². The van der Waals surface area contributed by atoms with Gasteiger partial charge >= 0.3 is 0 Å². The number of hydrogen-bond donors (Lipinski definition) is 2. The maximum absolute atomic E-state index is 13.6. The number of carbonyl (C=O) groups is 1. The molecule has 5 heterocycles. The molecular formula is C28H34N8O2. The third-order valence-electron chi connectivity index (χ3n) is 7.39. The predicted octanol–water partition coefficient (Wildman–Crippen LogP) is 3.61. The standard InChI is InChI=1S/C28H34N8O2/c1-18-5-4-12-38-27-22(16-30-34(27)3)24-14-20(13-19(2)31-24)26(37)33-28-32-23-7-6-21(15-25(23)36(28)17-18)35-10-8-29-9-11-35/h6-7,13-16,18,29H,4-5,8-12,17H2,1-3H3,(H,32,33,37)/t18-/m1/s1. The number of nitrogens with one attached hydrogen (secondary N) is 2. The van der Waals surface area contributed by atoms with E-state index in [-0.39, 0.29) is 5.91 Å². The lowest BCUT2D eigenvalue weighted by Crippen LogP contribution is -2.43. The van der Waals surface area contributed by atoms with Crippen LogP contribution in [0.5, 0.6) is 5.88 Å². The Morgan fingerprint density at radius 1 is 1.11 bits per heavy atom. The van der Waals surface area contributed by atoms with E-state index >= 15 is 0 Å². The number of rotatable bonds is 1. The number of aromatic nitrogens is 5. The SMILES string of the molecule is Cc1cc2cc(n1)-c1cnn(C)c1OCCC[C@@H](C)Cn1c(nc3ccc(N4CCNCC4)cc31)NC2=O. The minimum Gasteiger partial charge on any atom is -0.477 e. The Kier molecular flexibility index (Phi) is 6.49. The molecule has 10 nitrogen and oxygen atoms in total. The summed E-state index contributed by atoms with van der Waals surface area (Å²) in [6.45, 7) is 9.35. The Morgan fingerprint density at radius 3 is 2.79 bits per heavy atom. The molecule has 10 heteroatoms. The first kappa shape index (κ1) is 24.4. The van der Waals surface area contributed by atoms with Crippen LogP contribution in [0.3, 0.4) is 0 Å². The average Bonchev–Trinajstić information content (AvgIpc) is 3.45. The molecule has 1 aromatic carbocycles. The molecule has 3 aromatic heterocycles. The number of anilines is 2. The minimum absolute atomic E-state index is 0.218. The summed E-state index contributed by atoms with van der Waals surface area (Å²) in [5.74, 6) is 1.37. The highest BCUT2D eigenvalue weighted by molar-refractivity contribution is 6.05. The summed E-state index contributed by atoms with van der Waals surface area (Å²) >= 11 is 0. The van der Waals surface area contributed by atoms with E-state index in [9.17, 15) is 4.79 Å². The lowest BCUT2D eigenvalue weighted by molar-refractivity contribution is 0.102. The van der Waals surface area contributed by atoms with Crippen molar-refractivity contribution in [2.75, 3.05) is 43.0 Å². The molecule has 2 aliphatic rings. The summed E-state index contributed by atoms with van der Waals surface area (Å²) in [4.78, 5) is 25.5. The average molecular weight is 515 g/mol. The molecule has 6 rings (SSSR count). The number of fused-ring (bicyclic) bond motifs is 7. The van der Waals surface area contributed by atoms with Gasteiger partial charge in [-0.2, -0.15) is 5.10 Å². The Balaban J connectivity index is 1.42. The molecule has 198 valence electrons. The molecule has 0 aliphatic carbocycles. The van der Waals surface area contributed by atoms with Crippen LogP contribution in [0.4, 0.5) is 11.6 Å². The fourth-order valence-electron chi connectivity index (χ4n) is 5.40. The normalized spacial score (nSPS) is 18.7. The van der Waals surface area contributed by atoms with Crippen LogP contribution in [0.15, 0.2) is 36.5 Å². The van der Waals surface area contributed by atoms with Crippen molar-refractivity contribution in [3.8, 4) is 17.1 Å². The van der Waals surface area contributed by atoms with Crippen molar-refractivity contribution in [2.24, 2.45) is 13.0 Å². The number of piperazine rings is 1. The number of ether oxygens (including phenoxy) is 1. The molecule has 4 aromatic rings. The van der Waals surface area contributed by atoms with Crippen LogP contribution < -0.4 is 20.3 Å². The second kappa shape index (κ2) is 10.1. The molecule has 2 N–H and O–H groups in total. The number of aryl methyl sites for hydroxylation is 2. The van der Waals surface area contributed by atoms with Crippen molar-refractivity contribution in [1.82, 2.24) is 29.6 Å². The van der Waals surface area contributed by atoms with E-state index < -0.39 is 0 Å². The first-order valence-electron chi connectivity index (χ1n) is 13.4. The minimum atomic E-state index is -0.218. The van der Waals surface area contributed by atoms with Crippen molar-refractivity contribution < 1.29 is 9.53 Å². The van der Waals surface area contributed by atoms with E-state index in [0.717, 1.165) is 67.9 Å². The van der Waals surface area contributed by atoms with Gasteiger partial charge in [0.1, 0.15) is 0 Å². The Bertz CT molecular complexity index is 1480. The van der Waals surface area contributed by atoms with Crippen molar-refractivity contribution in [3.05, 3.63) is 47.8 Å². The monoisotopic (exact) mass is 514 g/mol. The predicted molar refractivity (Wildman–Crippen MR) is 148 cm³/mol. The molecule has 2 aliphatic heterocycles. The summed E-state index contributed by atoms with van der Waals surface area (Å²) < 4.78 is 10.1. The van der Waals surface area contributed by atoms with Gasteiger partial charge in [0.15, 0.2) is 0 Å². The lowest BCUT2D eigenvalue weighted by Gasteiger charge is -2.29. The molecule has 38 heavy (non-hydrogen) atoms. The third kappa shape index (κ3) is 4.71. The van der Waals surface area contributed by atoms with E-state index in [2.05, 4.69) is 55.3 Å². The van der Waals surface area contributed by atoms with E-state index in [1.165, 1.54) is 5.69 Å². The van der Waals surface area contributed by atoms with Crippen LogP contribution in [-0.2, 0) is 13.6 Å². The molecule has 0 unspecified atom stereocenters. The zero-order valence-corrected chi connectivity index (χ0v) is 22.2. The second-order valence-electron chi connectivity index (χ2n) is 10.4. The molecule has 1 fully saturated rings. The molecule has 0 saturated carbocycles. The molecule has 1 saturated heterocycles. The zero-order valence-electron chi connectivity index (χ0n) is 22.2. The van der Waals surface area contributed by atoms with Crippen LogP contribution in [0, 0.1) is 12.8 Å². The molecule has 1 atom stereocenters. The number of hydrogen-bond acceptors (Lipinski definition) is 7. The van der Waals surface area contributed by atoms with E-state index in [0.29, 0.717) is 35.6 Å². The van der Waals surface area contributed by atoms with Crippen LogP contribution >= 0.6 is 0 Å². The summed E-state index contributed by atoms with van der Waals surface area (Å²) in [6.07, 6.45) is 3.62. The van der Waals surface area contributed by atoms with E-state index in [1.54, 1.807) is 23.0 Å². The molecule has 0 spiro atoms. The van der Waals surface area contributed by atoms with Gasteiger partial charge in [0, 0.05) is 56.7 Å². The van der Waals surface area contributed by atoms with Gasteiger partial charge in [0.05, 0.1) is 35.1 Å². The van der Waals surface area contributed by atoms with Crippen LogP contribution in [0.1, 0.15) is 35.8 Å². The Labute approximate surface area is 222 Å². The largest absolute Gasteiger partial charge is 0.477 e. The smallest absolute Gasteiger partial charge is 0.258 e. The summed E-state index contributed by atoms with van der Waals surface area (Å²) in [7, 11) is 1.86. The van der Waals surface area contributed by atoms with E-state index in [1.807, 2.05) is 14.0 Å². The fourth-order valence-corrected chi connectivity index (χ4v) is 5.40. The first-order valence-corrected chi connectivity index (χ1v) is 13.4. The van der Waals surface area contributed by atoms with E-state index in [4.69, 9.17) is 9.72 Å². The highest BCUT2D eigenvalue weighted by Gasteiger charge is 2.21. The molecule has 0 radical (unpaired) electrons. The fraction of sp³-hybridized carbons (Fsp3) is 0.429. The highest BCUT2D eigenvalue weighted by atomic mass is 16.5. The van der Waals surface area contributed by atoms with Crippen LogP contribution in [-0.4, -0.2) is 63.0 Å². The maximum atomic E-state index is 13.6. The lowest BCUT2D eigenvalue weighted by atomic mass is 10.1. The van der Waals surface area contributed by atoms with Crippen molar-refractivity contribution >= 4 is 28.6 Å². The number of amides is 1. The van der Waals surface area contributed by atoms with Gasteiger partial charge in [0.25, 0.3) is 5.91 Å². The number of imidazole rings is 1. The van der Waals surface area contributed by atoms with Gasteiger partial charge in [-0.25, -0.2) is 9.67 Å². The second-order valence-corrected chi connectivity index (χ2v) is 10.4. The van der Waals surface area contributed by atoms with Crippen LogP contribution in [0.25, 0.3) is 22.3 Å². The quantitative estimate of drug-likeness (QED) is 0.400. The van der Waals surface area contributed by atoms with Crippen molar-refractivity contribution in [3.63, 3.8) is 0 Å². The zero-order chi connectivity index (χ0) is 26.2. The molecule has 1 amide bonds. The first-order chi connectivity index (χ1) is 18.5. The van der Waals surface area contributed by atoms with Gasteiger partial charge in [0.2, 0.25) is 11.8 Å². The van der Waals surface area contributed by atoms with Gasteiger partial charge in [-0.15, -0.1) is 0 Å².